The summed E-state index contributed by atoms with van der Waals surface area (Å²) in [7, 11) is 0. The van der Waals surface area contributed by atoms with E-state index in [1.807, 2.05) is 0 Å². The lowest BCUT2D eigenvalue weighted by Crippen LogP contribution is -2.41. The van der Waals surface area contributed by atoms with E-state index in [0.717, 1.165) is 0 Å². The van der Waals surface area contributed by atoms with Gasteiger partial charge in [-0.2, -0.15) is 0 Å². The molecule has 0 saturated heterocycles. The fourth-order valence-corrected chi connectivity index (χ4v) is 1.87. The van der Waals surface area contributed by atoms with E-state index in [1.165, 1.54) is 6.92 Å². The third kappa shape index (κ3) is 2.73. The predicted molar refractivity (Wildman–Crippen MR) is 53.9 cm³/mol. The highest BCUT2D eigenvalue weighted by Gasteiger charge is 2.42. The summed E-state index contributed by atoms with van der Waals surface area (Å²) in [5.41, 5.74) is 0. The number of carbonyl (C=O) groups is 1. The molecule has 7 heteroatoms. The minimum atomic E-state index is -1.43. The summed E-state index contributed by atoms with van der Waals surface area (Å²) in [5.74, 6) is -0.609. The number of halogens is 3. The van der Waals surface area contributed by atoms with Crippen LogP contribution in [0.25, 0.3) is 0 Å². The lowest BCUT2D eigenvalue weighted by Gasteiger charge is -2.30. The summed E-state index contributed by atoms with van der Waals surface area (Å²) >= 11 is 17.2. The van der Waals surface area contributed by atoms with Crippen LogP contribution in [0.15, 0.2) is 4.99 Å². The van der Waals surface area contributed by atoms with Crippen molar-refractivity contribution in [3.05, 3.63) is 0 Å². The molecule has 1 aliphatic rings. The van der Waals surface area contributed by atoms with Crippen molar-refractivity contribution >= 4 is 46.7 Å². The number of hydrogen-bond donors (Lipinski definition) is 1. The molecule has 4 nitrogen and oxygen atoms in total. The van der Waals surface area contributed by atoms with Crippen molar-refractivity contribution in [2.45, 2.75) is 29.3 Å². The SMILES string of the molecule is CC(=O)OC1=N[C@H](O)C(Cl)(Cl)C[C@@H]1Cl. The van der Waals surface area contributed by atoms with Gasteiger partial charge in [-0.3, -0.25) is 4.79 Å². The molecule has 0 radical (unpaired) electrons. The Morgan fingerprint density at radius 2 is 2.29 bits per heavy atom. The highest BCUT2D eigenvalue weighted by Crippen LogP contribution is 2.37. The average molecular weight is 261 g/mol. The zero-order valence-corrected chi connectivity index (χ0v) is 9.47. The van der Waals surface area contributed by atoms with Gasteiger partial charge in [-0.05, 0) is 0 Å². The summed E-state index contributed by atoms with van der Waals surface area (Å²) < 4.78 is 3.23. The van der Waals surface area contributed by atoms with Gasteiger partial charge in [-0.25, -0.2) is 4.99 Å². The second-order valence-electron chi connectivity index (χ2n) is 2.87. The maximum absolute atomic E-state index is 10.6. The summed E-state index contributed by atoms with van der Waals surface area (Å²) in [6, 6.07) is 0. The number of esters is 1. The van der Waals surface area contributed by atoms with Crippen LogP contribution < -0.4 is 0 Å². The van der Waals surface area contributed by atoms with Gasteiger partial charge in [0.15, 0.2) is 10.6 Å². The van der Waals surface area contributed by atoms with Crippen molar-refractivity contribution in [2.75, 3.05) is 0 Å². The van der Waals surface area contributed by atoms with Gasteiger partial charge in [0, 0.05) is 13.3 Å². The molecule has 80 valence electrons. The van der Waals surface area contributed by atoms with E-state index < -0.39 is 21.9 Å². The van der Waals surface area contributed by atoms with Crippen molar-refractivity contribution in [2.24, 2.45) is 4.99 Å². The van der Waals surface area contributed by atoms with Crippen LogP contribution >= 0.6 is 34.8 Å². The van der Waals surface area contributed by atoms with E-state index in [1.54, 1.807) is 0 Å². The van der Waals surface area contributed by atoms with Gasteiger partial charge < -0.3 is 9.84 Å². The van der Waals surface area contributed by atoms with Gasteiger partial charge in [0.05, 0.1) is 0 Å². The molecule has 1 heterocycles. The molecule has 1 rings (SSSR count). The number of aliphatic imine (C=N–C) groups is 1. The lowest BCUT2D eigenvalue weighted by molar-refractivity contribution is -0.133. The van der Waals surface area contributed by atoms with Gasteiger partial charge in [0.25, 0.3) is 0 Å². The van der Waals surface area contributed by atoms with Crippen molar-refractivity contribution in [3.8, 4) is 0 Å². The maximum Gasteiger partial charge on any atom is 0.309 e. The van der Waals surface area contributed by atoms with Gasteiger partial charge in [-0.15, -0.1) is 11.6 Å². The van der Waals surface area contributed by atoms with Gasteiger partial charge >= 0.3 is 5.97 Å². The predicted octanol–water partition coefficient (Wildman–Crippen LogP) is 1.45. The number of aliphatic hydroxyl groups excluding tert-OH is 1. The van der Waals surface area contributed by atoms with E-state index in [2.05, 4.69) is 9.73 Å². The standard InChI is InChI=1S/C7H8Cl3NO3/c1-3(12)14-5-4(8)2-7(9,10)6(13)11-5/h4,6,13H,2H2,1H3/t4-,6+/m0/s1. The molecule has 0 unspecified atom stereocenters. The molecule has 14 heavy (non-hydrogen) atoms. The minimum Gasteiger partial charge on any atom is -0.410 e. The maximum atomic E-state index is 10.6. The van der Waals surface area contributed by atoms with Crippen molar-refractivity contribution < 1.29 is 14.6 Å². The molecule has 0 saturated carbocycles. The first-order valence-electron chi connectivity index (χ1n) is 3.79. The number of alkyl halides is 3. The van der Waals surface area contributed by atoms with Crippen LogP contribution in [0.1, 0.15) is 13.3 Å². The third-order valence-corrected chi connectivity index (χ3v) is 2.63. The molecule has 1 N–H and O–H groups in total. The zero-order chi connectivity index (χ0) is 10.9. The van der Waals surface area contributed by atoms with E-state index in [4.69, 9.17) is 34.8 Å². The lowest BCUT2D eigenvalue weighted by atomic mass is 10.1. The Hall–Kier alpha value is -0.0300. The molecule has 0 bridgehead atoms. The van der Waals surface area contributed by atoms with Crippen LogP contribution in [0, 0.1) is 0 Å². The monoisotopic (exact) mass is 259 g/mol. The third-order valence-electron chi connectivity index (χ3n) is 1.59. The smallest absolute Gasteiger partial charge is 0.309 e. The van der Waals surface area contributed by atoms with Crippen LogP contribution in [-0.4, -0.2) is 32.9 Å². The Labute approximate surface area is 95.8 Å². The number of hydrogen-bond acceptors (Lipinski definition) is 4. The molecule has 0 amide bonds. The normalized spacial score (nSPS) is 30.8. The number of aliphatic hydroxyl groups is 1. The first-order valence-corrected chi connectivity index (χ1v) is 4.98. The highest BCUT2D eigenvalue weighted by molar-refractivity contribution is 6.50. The first-order chi connectivity index (χ1) is 6.33. The number of carbonyl (C=O) groups excluding carboxylic acids is 1. The Kier molecular flexibility index (Phi) is 3.63. The Morgan fingerprint density at radius 3 is 2.79 bits per heavy atom. The number of rotatable bonds is 0. The van der Waals surface area contributed by atoms with Gasteiger partial charge in [0.2, 0.25) is 5.90 Å². The molecule has 0 fully saturated rings. The summed E-state index contributed by atoms with van der Waals surface area (Å²) in [4.78, 5) is 14.2. The van der Waals surface area contributed by atoms with Crippen LogP contribution in [0.2, 0.25) is 0 Å². The van der Waals surface area contributed by atoms with Crippen molar-refractivity contribution in [3.63, 3.8) is 0 Å². The molecule has 0 aromatic rings. The Bertz CT molecular complexity index is 279. The zero-order valence-electron chi connectivity index (χ0n) is 7.21. The minimum absolute atomic E-state index is 0.0522. The fraction of sp³-hybridized carbons (Fsp3) is 0.714. The van der Waals surface area contributed by atoms with E-state index in [0.29, 0.717) is 0 Å². The van der Waals surface area contributed by atoms with E-state index in [9.17, 15) is 9.90 Å². The van der Waals surface area contributed by atoms with Crippen molar-refractivity contribution in [1.82, 2.24) is 0 Å². The number of ether oxygens (including phenoxy) is 1. The molecule has 0 aliphatic carbocycles. The molecule has 0 aromatic carbocycles. The highest BCUT2D eigenvalue weighted by atomic mass is 35.5. The van der Waals surface area contributed by atoms with E-state index >= 15 is 0 Å². The molecule has 2 atom stereocenters. The Balaban J connectivity index is 2.82. The molecule has 0 spiro atoms. The molecule has 1 aliphatic heterocycles. The van der Waals surface area contributed by atoms with Crippen LogP contribution in [0.4, 0.5) is 0 Å². The summed E-state index contributed by atoms with van der Waals surface area (Å²) in [5, 5.41) is 8.63. The Morgan fingerprint density at radius 1 is 1.71 bits per heavy atom. The quantitative estimate of drug-likeness (QED) is 0.530. The molecular weight excluding hydrogens is 252 g/mol. The largest absolute Gasteiger partial charge is 0.410 e. The van der Waals surface area contributed by atoms with E-state index in [-0.39, 0.29) is 12.3 Å². The van der Waals surface area contributed by atoms with Crippen molar-refractivity contribution in [1.29, 1.82) is 0 Å². The molecule has 0 aromatic heterocycles. The number of nitrogens with zero attached hydrogens (tertiary/aromatic N) is 1. The first kappa shape index (κ1) is 12.0. The summed E-state index contributed by atoms with van der Waals surface area (Å²) in [6.45, 7) is 1.21. The van der Waals surface area contributed by atoms with Gasteiger partial charge in [0.1, 0.15) is 5.38 Å². The van der Waals surface area contributed by atoms with Crippen LogP contribution in [-0.2, 0) is 9.53 Å². The van der Waals surface area contributed by atoms with Gasteiger partial charge in [-0.1, -0.05) is 23.2 Å². The topological polar surface area (TPSA) is 58.9 Å². The van der Waals surface area contributed by atoms with Crippen LogP contribution in [0.3, 0.4) is 0 Å². The van der Waals surface area contributed by atoms with Crippen LogP contribution in [0.5, 0.6) is 0 Å². The summed E-state index contributed by atoms with van der Waals surface area (Å²) in [6.07, 6.45) is -1.28. The second-order valence-corrected chi connectivity index (χ2v) is 4.94. The second kappa shape index (κ2) is 4.23. The fourth-order valence-electron chi connectivity index (χ4n) is 0.965. The molecular formula is C7H8Cl3NO3. The average Bonchev–Trinajstić information content (AvgIpc) is 1.98.